The summed E-state index contributed by atoms with van der Waals surface area (Å²) in [4.78, 5) is 7.14. The summed E-state index contributed by atoms with van der Waals surface area (Å²) in [6.07, 6.45) is -2.31. The predicted molar refractivity (Wildman–Crippen MR) is 91.2 cm³/mol. The van der Waals surface area contributed by atoms with E-state index in [1.54, 1.807) is 6.92 Å². The van der Waals surface area contributed by atoms with Gasteiger partial charge in [0.15, 0.2) is 0 Å². The minimum atomic E-state index is -4.26. The molecule has 0 aromatic heterocycles. The Morgan fingerprint density at radius 3 is 2.40 bits per heavy atom. The number of hydrogen-bond acceptors (Lipinski definition) is 3. The highest BCUT2D eigenvalue weighted by Gasteiger charge is 2.59. The van der Waals surface area contributed by atoms with Crippen molar-refractivity contribution in [1.82, 2.24) is 4.90 Å². The summed E-state index contributed by atoms with van der Waals surface area (Å²) < 4.78 is 40.6. The van der Waals surface area contributed by atoms with Crippen molar-refractivity contribution in [2.75, 3.05) is 20.2 Å². The van der Waals surface area contributed by atoms with E-state index in [0.29, 0.717) is 19.3 Å². The molecular formula is C19H25F3N2O. The lowest BCUT2D eigenvalue weighted by molar-refractivity contribution is -0.163. The molecule has 1 aromatic rings. The highest BCUT2D eigenvalue weighted by molar-refractivity contribution is 5.95. The third kappa shape index (κ3) is 3.68. The molecule has 1 aliphatic carbocycles. The van der Waals surface area contributed by atoms with Crippen LogP contribution in [-0.4, -0.2) is 37.0 Å². The normalized spacial score (nSPS) is 28.6. The van der Waals surface area contributed by atoms with E-state index in [2.05, 4.69) is 22.2 Å². The molecule has 0 radical (unpaired) electrons. The largest absolute Gasteiger partial charge is 0.399 e. The van der Waals surface area contributed by atoms with Crippen molar-refractivity contribution in [3.8, 4) is 0 Å². The van der Waals surface area contributed by atoms with Crippen LogP contribution in [0, 0.1) is 17.3 Å². The van der Waals surface area contributed by atoms with Crippen LogP contribution >= 0.6 is 0 Å². The molecule has 0 unspecified atom stereocenters. The van der Waals surface area contributed by atoms with E-state index in [0.717, 1.165) is 19.6 Å². The summed E-state index contributed by atoms with van der Waals surface area (Å²) >= 11 is 0. The topological polar surface area (TPSA) is 24.8 Å². The first-order chi connectivity index (χ1) is 11.9. The molecule has 2 fully saturated rings. The fraction of sp³-hybridized carbons (Fsp3) is 0.632. The van der Waals surface area contributed by atoms with Crippen molar-refractivity contribution < 1.29 is 18.0 Å². The maximum atomic E-state index is 13.5. The van der Waals surface area contributed by atoms with E-state index in [-0.39, 0.29) is 5.71 Å². The van der Waals surface area contributed by atoms with Crippen LogP contribution in [0.4, 0.5) is 13.2 Å². The average Bonchev–Trinajstić information content (AvgIpc) is 2.83. The van der Waals surface area contributed by atoms with E-state index in [4.69, 9.17) is 4.84 Å². The Kier molecular flexibility index (Phi) is 5.09. The van der Waals surface area contributed by atoms with E-state index in [1.165, 1.54) is 12.7 Å². The minimum absolute atomic E-state index is 0.217. The fourth-order valence-electron chi connectivity index (χ4n) is 4.61. The van der Waals surface area contributed by atoms with Gasteiger partial charge in [-0.05, 0) is 43.8 Å². The third-order valence-electron chi connectivity index (χ3n) is 5.72. The lowest BCUT2D eigenvalue weighted by Gasteiger charge is -2.40. The third-order valence-corrected chi connectivity index (χ3v) is 5.72. The van der Waals surface area contributed by atoms with Gasteiger partial charge in [-0.1, -0.05) is 42.4 Å². The number of rotatable bonds is 3. The van der Waals surface area contributed by atoms with Crippen LogP contribution in [0.1, 0.15) is 31.7 Å². The molecule has 3 rings (SSSR count). The summed E-state index contributed by atoms with van der Waals surface area (Å²) in [5.74, 6) is -1.93. The molecule has 0 bridgehead atoms. The molecule has 1 saturated heterocycles. The van der Waals surface area contributed by atoms with Crippen LogP contribution in [0.2, 0.25) is 0 Å². The number of oxime groups is 1. The molecule has 1 heterocycles. The number of nitrogens with zero attached hydrogens (tertiary/aromatic N) is 2. The van der Waals surface area contributed by atoms with E-state index in [1.807, 2.05) is 18.2 Å². The molecule has 1 spiro atoms. The first-order valence-corrected chi connectivity index (χ1v) is 8.80. The van der Waals surface area contributed by atoms with Crippen LogP contribution in [0.15, 0.2) is 35.5 Å². The molecule has 2 atom stereocenters. The first kappa shape index (κ1) is 18.2. The summed E-state index contributed by atoms with van der Waals surface area (Å²) in [7, 11) is 1.33. The van der Waals surface area contributed by atoms with Crippen molar-refractivity contribution in [2.24, 2.45) is 22.4 Å². The molecular weight excluding hydrogens is 329 g/mol. The monoisotopic (exact) mass is 354 g/mol. The van der Waals surface area contributed by atoms with Gasteiger partial charge in [-0.3, -0.25) is 4.90 Å². The van der Waals surface area contributed by atoms with Crippen LogP contribution in [-0.2, 0) is 11.4 Å². The van der Waals surface area contributed by atoms with Gasteiger partial charge in [-0.15, -0.1) is 0 Å². The van der Waals surface area contributed by atoms with Gasteiger partial charge in [0.05, 0.1) is 11.6 Å². The number of hydrogen-bond donors (Lipinski definition) is 0. The molecule has 1 aliphatic heterocycles. The second-order valence-corrected chi connectivity index (χ2v) is 7.40. The number of alkyl halides is 3. The number of piperidine rings is 1. The van der Waals surface area contributed by atoms with Gasteiger partial charge in [0, 0.05) is 12.0 Å². The summed E-state index contributed by atoms with van der Waals surface area (Å²) in [6.45, 7) is 4.10. The summed E-state index contributed by atoms with van der Waals surface area (Å²) in [6, 6.07) is 10.2. The Hall–Kier alpha value is -1.56. The van der Waals surface area contributed by atoms with Gasteiger partial charge in [0.1, 0.15) is 7.11 Å². The van der Waals surface area contributed by atoms with Gasteiger partial charge in [0.2, 0.25) is 0 Å². The Morgan fingerprint density at radius 1 is 1.20 bits per heavy atom. The SMILES string of the molecule is CON=C1[C@H](C(F)(F)F)[C@@H](C)CC12CCN(Cc1ccccc1)CC2. The fourth-order valence-corrected chi connectivity index (χ4v) is 4.61. The van der Waals surface area contributed by atoms with Gasteiger partial charge in [-0.25, -0.2) is 0 Å². The van der Waals surface area contributed by atoms with Crippen molar-refractivity contribution in [1.29, 1.82) is 0 Å². The highest BCUT2D eigenvalue weighted by Crippen LogP contribution is 2.54. The zero-order chi connectivity index (χ0) is 18.1. The van der Waals surface area contributed by atoms with Gasteiger partial charge in [0.25, 0.3) is 0 Å². The molecule has 6 heteroatoms. The zero-order valence-electron chi connectivity index (χ0n) is 14.7. The number of benzene rings is 1. The van der Waals surface area contributed by atoms with Gasteiger partial charge >= 0.3 is 6.18 Å². The molecule has 3 nitrogen and oxygen atoms in total. The summed E-state index contributed by atoms with van der Waals surface area (Å²) in [5, 5.41) is 3.89. The van der Waals surface area contributed by atoms with Crippen LogP contribution in [0.25, 0.3) is 0 Å². The van der Waals surface area contributed by atoms with Crippen molar-refractivity contribution in [3.05, 3.63) is 35.9 Å². The van der Waals surface area contributed by atoms with Crippen LogP contribution < -0.4 is 0 Å². The van der Waals surface area contributed by atoms with Crippen molar-refractivity contribution >= 4 is 5.71 Å². The molecule has 1 aromatic carbocycles. The molecule has 25 heavy (non-hydrogen) atoms. The molecule has 2 aliphatic rings. The Labute approximate surface area is 146 Å². The quantitative estimate of drug-likeness (QED) is 0.747. The van der Waals surface area contributed by atoms with Crippen molar-refractivity contribution in [2.45, 2.75) is 38.9 Å². The lowest BCUT2D eigenvalue weighted by atomic mass is 9.74. The van der Waals surface area contributed by atoms with Crippen molar-refractivity contribution in [3.63, 3.8) is 0 Å². The van der Waals surface area contributed by atoms with Crippen LogP contribution in [0.3, 0.4) is 0 Å². The van der Waals surface area contributed by atoms with E-state index in [9.17, 15) is 13.2 Å². The molecule has 0 N–H and O–H groups in total. The molecule has 0 amide bonds. The Morgan fingerprint density at radius 2 is 1.84 bits per heavy atom. The smallest absolute Gasteiger partial charge is 0.397 e. The lowest BCUT2D eigenvalue weighted by Crippen LogP contribution is -2.44. The number of likely N-dealkylation sites (tertiary alicyclic amines) is 1. The second-order valence-electron chi connectivity index (χ2n) is 7.40. The van der Waals surface area contributed by atoms with E-state index < -0.39 is 23.4 Å². The predicted octanol–water partition coefficient (Wildman–Crippen LogP) is 4.49. The maximum Gasteiger partial charge on any atom is 0.397 e. The molecule has 1 saturated carbocycles. The Balaban J connectivity index is 1.74. The zero-order valence-corrected chi connectivity index (χ0v) is 14.7. The summed E-state index contributed by atoms with van der Waals surface area (Å²) in [5.41, 5.74) is 0.981. The molecule has 138 valence electrons. The Bertz CT molecular complexity index is 607. The van der Waals surface area contributed by atoms with Gasteiger partial charge in [-0.2, -0.15) is 13.2 Å². The van der Waals surface area contributed by atoms with Gasteiger partial charge < -0.3 is 4.84 Å². The highest BCUT2D eigenvalue weighted by atomic mass is 19.4. The minimum Gasteiger partial charge on any atom is -0.399 e. The maximum absolute atomic E-state index is 13.5. The first-order valence-electron chi connectivity index (χ1n) is 8.80. The average molecular weight is 354 g/mol. The second kappa shape index (κ2) is 6.98. The van der Waals surface area contributed by atoms with E-state index >= 15 is 0 Å². The van der Waals surface area contributed by atoms with Crippen LogP contribution in [0.5, 0.6) is 0 Å². The standard InChI is InChI=1S/C19H25F3N2O/c1-14-12-18(17(23-25-2)16(14)19(20,21)22)8-10-24(11-9-18)13-15-6-4-3-5-7-15/h3-7,14,16H,8-13H2,1-2H3/t14-,16+/m0/s1. The number of halogens is 3.